The highest BCUT2D eigenvalue weighted by atomic mass is 32.1. The summed E-state index contributed by atoms with van der Waals surface area (Å²) in [5.74, 6) is 0.876. The molecule has 27 heavy (non-hydrogen) atoms. The summed E-state index contributed by atoms with van der Waals surface area (Å²) < 4.78 is 23.5. The van der Waals surface area contributed by atoms with Crippen LogP contribution < -0.4 is 14.9 Å². The highest BCUT2D eigenvalue weighted by molar-refractivity contribution is 7.12. The fourth-order valence-electron chi connectivity index (χ4n) is 2.28. The minimum absolute atomic E-state index is 0.135. The van der Waals surface area contributed by atoms with Crippen molar-refractivity contribution in [2.75, 3.05) is 19.6 Å². The smallest absolute Gasteiger partial charge is 0.196 e. The van der Waals surface area contributed by atoms with Gasteiger partial charge in [0.15, 0.2) is 22.2 Å². The number of nitrogens with one attached hydrogen (secondary N) is 1. The molecule has 8 heteroatoms. The third-order valence-electron chi connectivity index (χ3n) is 3.63. The molecule has 0 spiro atoms. The molecule has 0 fully saturated rings. The molecule has 0 aliphatic rings. The molecule has 0 unspecified atom stereocenters. The highest BCUT2D eigenvalue weighted by Gasteiger charge is 2.12. The number of hydrogen-bond acceptors (Lipinski definition) is 7. The summed E-state index contributed by atoms with van der Waals surface area (Å²) in [4.78, 5) is 4.48. The molecule has 0 aliphatic carbocycles. The van der Waals surface area contributed by atoms with Crippen LogP contribution in [0.15, 0.2) is 52.9 Å². The Hall–Kier alpha value is -3.44. The van der Waals surface area contributed by atoms with Crippen LogP contribution in [0.1, 0.15) is 5.01 Å². The average Bonchev–Trinajstić information content (AvgIpc) is 3.19. The van der Waals surface area contributed by atoms with E-state index in [1.165, 1.54) is 35.6 Å². The Balaban J connectivity index is 1.84. The minimum atomic E-state index is -0.343. The SMILES string of the molecule is COc1ccc(-c2csc(/C(C#N)=N/Nc3ccc(F)cc3)n2)cc1OC. The molecule has 0 amide bonds. The zero-order valence-electron chi connectivity index (χ0n) is 14.6. The van der Waals surface area contributed by atoms with Gasteiger partial charge in [-0.05, 0) is 42.5 Å². The predicted octanol–water partition coefficient (Wildman–Crippen LogP) is 4.31. The molecule has 1 aromatic heterocycles. The largest absolute Gasteiger partial charge is 0.493 e. The number of halogens is 1. The third-order valence-corrected chi connectivity index (χ3v) is 4.48. The molecule has 0 saturated heterocycles. The van der Waals surface area contributed by atoms with E-state index in [0.29, 0.717) is 27.9 Å². The fraction of sp³-hybridized carbons (Fsp3) is 0.105. The average molecular weight is 382 g/mol. The van der Waals surface area contributed by atoms with Gasteiger partial charge in [-0.3, -0.25) is 5.43 Å². The Morgan fingerprint density at radius 3 is 2.56 bits per heavy atom. The third kappa shape index (κ3) is 4.22. The maximum atomic E-state index is 12.9. The highest BCUT2D eigenvalue weighted by Crippen LogP contribution is 2.32. The first-order chi connectivity index (χ1) is 13.1. The fourth-order valence-corrected chi connectivity index (χ4v) is 3.04. The molecule has 0 bridgehead atoms. The predicted molar refractivity (Wildman–Crippen MR) is 103 cm³/mol. The minimum Gasteiger partial charge on any atom is -0.493 e. The number of anilines is 1. The topological polar surface area (TPSA) is 79.5 Å². The summed E-state index contributed by atoms with van der Waals surface area (Å²) in [5.41, 5.74) is 4.97. The second-order valence-electron chi connectivity index (χ2n) is 5.30. The number of methoxy groups -OCH3 is 2. The van der Waals surface area contributed by atoms with Gasteiger partial charge in [0.05, 0.1) is 25.6 Å². The van der Waals surface area contributed by atoms with E-state index in [2.05, 4.69) is 15.5 Å². The normalized spacial score (nSPS) is 11.0. The van der Waals surface area contributed by atoms with Crippen molar-refractivity contribution in [3.8, 4) is 28.8 Å². The van der Waals surface area contributed by atoms with Crippen molar-refractivity contribution in [1.29, 1.82) is 5.26 Å². The standard InChI is InChI=1S/C19H15FN4O2S/c1-25-17-8-3-12(9-18(17)26-2)16-11-27-19(22-16)15(10-21)24-23-14-6-4-13(20)5-7-14/h3-9,11,23H,1-2H3/b24-15+. The lowest BCUT2D eigenvalue weighted by Gasteiger charge is -2.08. The second kappa shape index (κ2) is 8.29. The molecule has 0 aliphatic heterocycles. The van der Waals surface area contributed by atoms with E-state index in [9.17, 15) is 9.65 Å². The number of nitriles is 1. The lowest BCUT2D eigenvalue weighted by atomic mass is 10.1. The summed E-state index contributed by atoms with van der Waals surface area (Å²) in [6.07, 6.45) is 0. The van der Waals surface area contributed by atoms with Crippen molar-refractivity contribution >= 4 is 22.7 Å². The van der Waals surface area contributed by atoms with E-state index >= 15 is 0 Å². The van der Waals surface area contributed by atoms with Crippen molar-refractivity contribution in [2.45, 2.75) is 0 Å². The van der Waals surface area contributed by atoms with Crippen LogP contribution in [-0.2, 0) is 0 Å². The Labute approximate surface area is 159 Å². The maximum absolute atomic E-state index is 12.9. The Bertz CT molecular complexity index is 1010. The first kappa shape index (κ1) is 18.4. The van der Waals surface area contributed by atoms with Crippen molar-refractivity contribution in [1.82, 2.24) is 4.98 Å². The van der Waals surface area contributed by atoms with Gasteiger partial charge in [-0.1, -0.05) is 0 Å². The molecule has 0 atom stereocenters. The van der Waals surface area contributed by atoms with Crippen LogP contribution in [0.2, 0.25) is 0 Å². The van der Waals surface area contributed by atoms with Crippen LogP contribution in [0, 0.1) is 17.1 Å². The molecule has 6 nitrogen and oxygen atoms in total. The van der Waals surface area contributed by atoms with Crippen molar-refractivity contribution in [3.63, 3.8) is 0 Å². The monoisotopic (exact) mass is 382 g/mol. The van der Waals surface area contributed by atoms with E-state index < -0.39 is 0 Å². The van der Waals surface area contributed by atoms with Crippen molar-refractivity contribution in [2.24, 2.45) is 5.10 Å². The number of aromatic nitrogens is 1. The molecule has 1 heterocycles. The first-order valence-electron chi connectivity index (χ1n) is 7.82. The van der Waals surface area contributed by atoms with E-state index in [1.807, 2.05) is 23.6 Å². The summed E-state index contributed by atoms with van der Waals surface area (Å²) in [6, 6.07) is 13.2. The molecule has 3 aromatic rings. The van der Waals surface area contributed by atoms with Crippen LogP contribution in [0.4, 0.5) is 10.1 Å². The number of benzene rings is 2. The van der Waals surface area contributed by atoms with Gasteiger partial charge in [-0.2, -0.15) is 10.4 Å². The summed E-state index contributed by atoms with van der Waals surface area (Å²) >= 11 is 1.30. The van der Waals surface area contributed by atoms with Crippen LogP contribution in [0.5, 0.6) is 11.5 Å². The van der Waals surface area contributed by atoms with Crippen LogP contribution in [0.3, 0.4) is 0 Å². The van der Waals surface area contributed by atoms with E-state index in [4.69, 9.17) is 9.47 Å². The van der Waals surface area contributed by atoms with E-state index in [1.54, 1.807) is 20.3 Å². The first-order valence-corrected chi connectivity index (χ1v) is 8.70. The van der Waals surface area contributed by atoms with Crippen LogP contribution in [-0.4, -0.2) is 24.9 Å². The summed E-state index contributed by atoms with van der Waals surface area (Å²) in [5, 5.41) is 15.8. The zero-order valence-corrected chi connectivity index (χ0v) is 15.4. The lowest BCUT2D eigenvalue weighted by Crippen LogP contribution is -2.01. The number of thiazole rings is 1. The van der Waals surface area contributed by atoms with Gasteiger partial charge < -0.3 is 9.47 Å². The number of hydrogen-bond donors (Lipinski definition) is 1. The molecular weight excluding hydrogens is 367 g/mol. The van der Waals surface area contributed by atoms with Gasteiger partial charge in [0.25, 0.3) is 0 Å². The Morgan fingerprint density at radius 1 is 1.15 bits per heavy atom. The molecular formula is C19H15FN4O2S. The summed E-state index contributed by atoms with van der Waals surface area (Å²) in [6.45, 7) is 0. The quantitative estimate of drug-likeness (QED) is 0.508. The molecule has 136 valence electrons. The molecule has 3 rings (SSSR count). The second-order valence-corrected chi connectivity index (χ2v) is 6.16. The number of rotatable bonds is 6. The Morgan fingerprint density at radius 2 is 1.89 bits per heavy atom. The number of nitrogens with zero attached hydrogens (tertiary/aromatic N) is 3. The molecule has 0 radical (unpaired) electrons. The van der Waals surface area contributed by atoms with Gasteiger partial charge in [0.1, 0.15) is 11.9 Å². The molecule has 1 N–H and O–H groups in total. The van der Waals surface area contributed by atoms with Crippen molar-refractivity contribution in [3.05, 3.63) is 58.7 Å². The summed E-state index contributed by atoms with van der Waals surface area (Å²) in [7, 11) is 3.14. The van der Waals surface area contributed by atoms with E-state index in [0.717, 1.165) is 5.56 Å². The van der Waals surface area contributed by atoms with Crippen molar-refractivity contribution < 1.29 is 13.9 Å². The number of hydrazone groups is 1. The maximum Gasteiger partial charge on any atom is 0.196 e. The molecule has 0 saturated carbocycles. The van der Waals surface area contributed by atoms with Gasteiger partial charge in [-0.15, -0.1) is 11.3 Å². The van der Waals surface area contributed by atoms with Gasteiger partial charge in [-0.25, -0.2) is 9.37 Å². The van der Waals surface area contributed by atoms with Gasteiger partial charge in [0, 0.05) is 10.9 Å². The van der Waals surface area contributed by atoms with Crippen LogP contribution >= 0.6 is 11.3 Å². The molecule has 2 aromatic carbocycles. The Kier molecular flexibility index (Phi) is 5.64. The lowest BCUT2D eigenvalue weighted by molar-refractivity contribution is 0.355. The van der Waals surface area contributed by atoms with Gasteiger partial charge >= 0.3 is 0 Å². The van der Waals surface area contributed by atoms with Crippen LogP contribution in [0.25, 0.3) is 11.3 Å². The van der Waals surface area contributed by atoms with E-state index in [-0.39, 0.29) is 11.5 Å². The zero-order chi connectivity index (χ0) is 19.2. The van der Waals surface area contributed by atoms with Gasteiger partial charge in [0.2, 0.25) is 0 Å². The number of ether oxygens (including phenoxy) is 2.